The third-order valence-corrected chi connectivity index (χ3v) is 3.07. The van der Waals surface area contributed by atoms with Crippen molar-refractivity contribution < 1.29 is 13.9 Å². The summed E-state index contributed by atoms with van der Waals surface area (Å²) in [5.41, 5.74) is 0. The molecule has 1 aromatic rings. The summed E-state index contributed by atoms with van der Waals surface area (Å²) in [7, 11) is 0. The molecule has 0 aliphatic carbocycles. The Labute approximate surface area is 112 Å². The van der Waals surface area contributed by atoms with Crippen LogP contribution in [0.4, 0.5) is 4.39 Å². The SMILES string of the molecule is O=C(CCOc1cccc(F)c1)N1CCCNCC1. The number of benzene rings is 1. The van der Waals surface area contributed by atoms with Crippen molar-refractivity contribution in [3.05, 3.63) is 30.1 Å². The van der Waals surface area contributed by atoms with Crippen LogP contribution in [0.25, 0.3) is 0 Å². The molecule has 0 unspecified atom stereocenters. The summed E-state index contributed by atoms with van der Waals surface area (Å²) in [6.45, 7) is 3.64. The molecule has 0 aromatic heterocycles. The van der Waals surface area contributed by atoms with Gasteiger partial charge in [-0.25, -0.2) is 4.39 Å². The Morgan fingerprint density at radius 1 is 1.37 bits per heavy atom. The second kappa shape index (κ2) is 7.09. The van der Waals surface area contributed by atoms with Gasteiger partial charge in [-0.05, 0) is 25.1 Å². The molecule has 1 aromatic carbocycles. The van der Waals surface area contributed by atoms with Crippen LogP contribution in [0.5, 0.6) is 5.75 Å². The summed E-state index contributed by atoms with van der Waals surface area (Å²) < 4.78 is 18.3. The van der Waals surface area contributed by atoms with E-state index in [2.05, 4.69) is 5.32 Å². The molecule has 0 radical (unpaired) electrons. The van der Waals surface area contributed by atoms with Crippen LogP contribution in [-0.2, 0) is 4.79 Å². The molecule has 0 bridgehead atoms. The Morgan fingerprint density at radius 2 is 2.26 bits per heavy atom. The van der Waals surface area contributed by atoms with Crippen molar-refractivity contribution in [2.45, 2.75) is 12.8 Å². The van der Waals surface area contributed by atoms with Gasteiger partial charge in [-0.2, -0.15) is 0 Å². The third kappa shape index (κ3) is 4.52. The molecule has 1 aliphatic heterocycles. The number of carbonyl (C=O) groups is 1. The van der Waals surface area contributed by atoms with Crippen molar-refractivity contribution in [1.82, 2.24) is 10.2 Å². The van der Waals surface area contributed by atoms with Gasteiger partial charge in [0.25, 0.3) is 0 Å². The predicted molar refractivity (Wildman–Crippen MR) is 70.6 cm³/mol. The molecule has 0 atom stereocenters. The number of rotatable bonds is 4. The van der Waals surface area contributed by atoms with Gasteiger partial charge in [0, 0.05) is 25.7 Å². The molecule has 104 valence electrons. The minimum Gasteiger partial charge on any atom is -0.493 e. The monoisotopic (exact) mass is 266 g/mol. The molecule has 1 amide bonds. The van der Waals surface area contributed by atoms with Gasteiger partial charge in [0.15, 0.2) is 0 Å². The summed E-state index contributed by atoms with van der Waals surface area (Å²) in [6.07, 6.45) is 1.31. The molecule has 4 nitrogen and oxygen atoms in total. The van der Waals surface area contributed by atoms with E-state index in [4.69, 9.17) is 4.74 Å². The van der Waals surface area contributed by atoms with E-state index < -0.39 is 0 Å². The molecule has 19 heavy (non-hydrogen) atoms. The van der Waals surface area contributed by atoms with Crippen LogP contribution in [0.1, 0.15) is 12.8 Å². The number of carbonyl (C=O) groups excluding carboxylic acids is 1. The molecular formula is C14H19FN2O2. The topological polar surface area (TPSA) is 41.6 Å². The van der Waals surface area contributed by atoms with Crippen LogP contribution in [0.2, 0.25) is 0 Å². The zero-order valence-electron chi connectivity index (χ0n) is 10.9. The molecule has 1 fully saturated rings. The molecule has 1 saturated heterocycles. The normalized spacial score (nSPS) is 15.9. The first-order valence-corrected chi connectivity index (χ1v) is 6.62. The van der Waals surface area contributed by atoms with E-state index in [1.807, 2.05) is 4.90 Å². The van der Waals surface area contributed by atoms with E-state index in [1.165, 1.54) is 12.1 Å². The summed E-state index contributed by atoms with van der Waals surface area (Å²) in [5, 5.41) is 3.25. The number of halogens is 1. The number of ether oxygens (including phenoxy) is 1. The lowest BCUT2D eigenvalue weighted by atomic mass is 10.3. The van der Waals surface area contributed by atoms with Crippen molar-refractivity contribution in [2.75, 3.05) is 32.8 Å². The summed E-state index contributed by atoms with van der Waals surface area (Å²) in [6, 6.07) is 5.96. The molecule has 1 heterocycles. The Hall–Kier alpha value is -1.62. The predicted octanol–water partition coefficient (Wildman–Crippen LogP) is 1.42. The maximum absolute atomic E-state index is 12.9. The Balaban J connectivity index is 1.74. The van der Waals surface area contributed by atoms with Crippen molar-refractivity contribution in [3.8, 4) is 5.75 Å². The first-order valence-electron chi connectivity index (χ1n) is 6.62. The zero-order valence-corrected chi connectivity index (χ0v) is 10.9. The maximum atomic E-state index is 12.9. The van der Waals surface area contributed by atoms with Gasteiger partial charge in [0.05, 0.1) is 13.0 Å². The zero-order chi connectivity index (χ0) is 13.5. The van der Waals surface area contributed by atoms with E-state index >= 15 is 0 Å². The van der Waals surface area contributed by atoms with E-state index in [0.29, 0.717) is 12.2 Å². The minimum absolute atomic E-state index is 0.0973. The largest absolute Gasteiger partial charge is 0.493 e. The van der Waals surface area contributed by atoms with Gasteiger partial charge < -0.3 is 15.0 Å². The fourth-order valence-electron chi connectivity index (χ4n) is 2.07. The summed E-state index contributed by atoms with van der Waals surface area (Å²) in [5.74, 6) is 0.229. The first kappa shape index (κ1) is 13.8. The fraction of sp³-hybridized carbons (Fsp3) is 0.500. The van der Waals surface area contributed by atoms with Crippen molar-refractivity contribution >= 4 is 5.91 Å². The van der Waals surface area contributed by atoms with Gasteiger partial charge in [-0.15, -0.1) is 0 Å². The van der Waals surface area contributed by atoms with Crippen molar-refractivity contribution in [2.24, 2.45) is 0 Å². The quantitative estimate of drug-likeness (QED) is 0.896. The molecule has 5 heteroatoms. The maximum Gasteiger partial charge on any atom is 0.226 e. The van der Waals surface area contributed by atoms with Gasteiger partial charge in [0.2, 0.25) is 5.91 Å². The number of hydrogen-bond donors (Lipinski definition) is 1. The van der Waals surface area contributed by atoms with Gasteiger partial charge >= 0.3 is 0 Å². The van der Waals surface area contributed by atoms with Crippen LogP contribution in [0, 0.1) is 5.82 Å². The fourth-order valence-corrected chi connectivity index (χ4v) is 2.07. The molecule has 1 aliphatic rings. The van der Waals surface area contributed by atoms with E-state index in [1.54, 1.807) is 12.1 Å². The lowest BCUT2D eigenvalue weighted by molar-refractivity contribution is -0.131. The van der Waals surface area contributed by atoms with E-state index in [-0.39, 0.29) is 18.3 Å². The molecule has 0 spiro atoms. The minimum atomic E-state index is -0.331. The highest BCUT2D eigenvalue weighted by Crippen LogP contribution is 2.12. The van der Waals surface area contributed by atoms with Gasteiger partial charge in [-0.3, -0.25) is 4.79 Å². The summed E-state index contributed by atoms with van der Waals surface area (Å²) >= 11 is 0. The van der Waals surface area contributed by atoms with Crippen molar-refractivity contribution in [1.29, 1.82) is 0 Å². The molecular weight excluding hydrogens is 247 g/mol. The van der Waals surface area contributed by atoms with Crippen LogP contribution < -0.4 is 10.1 Å². The average Bonchev–Trinajstić information content (AvgIpc) is 2.67. The third-order valence-electron chi connectivity index (χ3n) is 3.07. The standard InChI is InChI=1S/C14H19FN2O2/c15-12-3-1-4-13(11-12)19-10-5-14(18)17-8-2-6-16-7-9-17/h1,3-4,11,16H,2,5-10H2. The van der Waals surface area contributed by atoms with Gasteiger partial charge in [0.1, 0.15) is 11.6 Å². The smallest absolute Gasteiger partial charge is 0.226 e. The summed E-state index contributed by atoms with van der Waals surface area (Å²) in [4.78, 5) is 13.8. The van der Waals surface area contributed by atoms with E-state index in [0.717, 1.165) is 32.6 Å². The number of nitrogens with one attached hydrogen (secondary N) is 1. The lowest BCUT2D eigenvalue weighted by Crippen LogP contribution is -2.34. The van der Waals surface area contributed by atoms with Crippen LogP contribution in [0.15, 0.2) is 24.3 Å². The molecule has 0 saturated carbocycles. The Bertz CT molecular complexity index is 418. The molecule has 2 rings (SSSR count). The number of nitrogens with zero attached hydrogens (tertiary/aromatic N) is 1. The average molecular weight is 266 g/mol. The second-order valence-electron chi connectivity index (χ2n) is 4.54. The number of hydrogen-bond acceptors (Lipinski definition) is 3. The highest BCUT2D eigenvalue weighted by molar-refractivity contribution is 5.76. The van der Waals surface area contributed by atoms with Crippen LogP contribution >= 0.6 is 0 Å². The Morgan fingerprint density at radius 3 is 3.11 bits per heavy atom. The first-order chi connectivity index (χ1) is 9.25. The highest BCUT2D eigenvalue weighted by Gasteiger charge is 2.14. The highest BCUT2D eigenvalue weighted by atomic mass is 19.1. The second-order valence-corrected chi connectivity index (χ2v) is 4.54. The molecule has 1 N–H and O–H groups in total. The van der Waals surface area contributed by atoms with Gasteiger partial charge in [-0.1, -0.05) is 6.07 Å². The van der Waals surface area contributed by atoms with Crippen molar-refractivity contribution in [3.63, 3.8) is 0 Å². The van der Waals surface area contributed by atoms with Crippen LogP contribution in [-0.4, -0.2) is 43.6 Å². The number of amides is 1. The van der Waals surface area contributed by atoms with Crippen LogP contribution in [0.3, 0.4) is 0 Å². The van der Waals surface area contributed by atoms with E-state index in [9.17, 15) is 9.18 Å². The Kier molecular flexibility index (Phi) is 5.15. The lowest BCUT2D eigenvalue weighted by Gasteiger charge is -2.19.